The summed E-state index contributed by atoms with van der Waals surface area (Å²) in [4.78, 5) is 11.5. The third-order valence-corrected chi connectivity index (χ3v) is 3.49. The zero-order valence-electron chi connectivity index (χ0n) is 11.9. The Morgan fingerprint density at radius 3 is 2.61 bits per heavy atom. The summed E-state index contributed by atoms with van der Waals surface area (Å²) in [6.45, 7) is 1.69. The number of hydrogen-bond acceptors (Lipinski definition) is 5. The van der Waals surface area contributed by atoms with Crippen molar-refractivity contribution in [2.45, 2.75) is 13.2 Å². The van der Waals surface area contributed by atoms with E-state index in [1.54, 1.807) is 13.0 Å². The predicted molar refractivity (Wildman–Crippen MR) is 77.4 cm³/mol. The van der Waals surface area contributed by atoms with E-state index in [0.717, 1.165) is 6.07 Å². The molecule has 8 heteroatoms. The lowest BCUT2D eigenvalue weighted by atomic mass is 9.94. The largest absolute Gasteiger partial charge is 0.586 e. The van der Waals surface area contributed by atoms with Crippen molar-refractivity contribution in [3.63, 3.8) is 0 Å². The summed E-state index contributed by atoms with van der Waals surface area (Å²) in [6.07, 6.45) is -3.88. The molecule has 5 N–H and O–H groups in total. The van der Waals surface area contributed by atoms with Gasteiger partial charge in [-0.3, -0.25) is 4.79 Å². The normalized spacial score (nSPS) is 14.7. The molecule has 3 rings (SSSR count). The number of alkyl halides is 2. The van der Waals surface area contributed by atoms with Gasteiger partial charge in [-0.25, -0.2) is 0 Å². The van der Waals surface area contributed by atoms with Gasteiger partial charge in [0.15, 0.2) is 11.5 Å². The minimum atomic E-state index is -3.88. The molecule has 1 aliphatic heterocycles. The minimum absolute atomic E-state index is 0.0156. The van der Waals surface area contributed by atoms with Crippen molar-refractivity contribution in [3.8, 4) is 28.4 Å². The van der Waals surface area contributed by atoms with Crippen LogP contribution in [0.1, 0.15) is 15.9 Å². The molecule has 23 heavy (non-hydrogen) atoms. The SMILES string of the molecule is Cc1ccc(O)cc1-c1c(N)c(C(N)=O)cc2c1OC(F)(F)O2. The molecule has 0 saturated heterocycles. The molecule has 0 unspecified atom stereocenters. The number of hydrogen-bond donors (Lipinski definition) is 3. The number of ether oxygens (including phenoxy) is 2. The first-order valence-electron chi connectivity index (χ1n) is 6.51. The number of fused-ring (bicyclic) bond motifs is 1. The lowest BCUT2D eigenvalue weighted by Gasteiger charge is -2.14. The van der Waals surface area contributed by atoms with Gasteiger partial charge in [0.1, 0.15) is 5.75 Å². The summed E-state index contributed by atoms with van der Waals surface area (Å²) < 4.78 is 35.8. The summed E-state index contributed by atoms with van der Waals surface area (Å²) in [5, 5.41) is 9.67. The summed E-state index contributed by atoms with van der Waals surface area (Å²) in [5.74, 6) is -1.67. The van der Waals surface area contributed by atoms with Crippen LogP contribution in [0.5, 0.6) is 17.2 Å². The van der Waals surface area contributed by atoms with Crippen LogP contribution >= 0.6 is 0 Å². The Balaban J connectivity index is 2.36. The van der Waals surface area contributed by atoms with Gasteiger partial charge in [0.2, 0.25) is 0 Å². The zero-order chi connectivity index (χ0) is 16.9. The fourth-order valence-corrected chi connectivity index (χ4v) is 2.45. The first-order chi connectivity index (χ1) is 10.7. The molecule has 0 aliphatic carbocycles. The van der Waals surface area contributed by atoms with Crippen LogP contribution in [-0.4, -0.2) is 17.3 Å². The van der Waals surface area contributed by atoms with E-state index in [4.69, 9.17) is 11.5 Å². The molecule has 2 aromatic rings. The Kier molecular flexibility index (Phi) is 3.06. The average molecular weight is 322 g/mol. The standard InChI is InChI=1S/C15H12F2N2O4/c1-6-2-3-7(20)4-8(6)11-12(18)9(14(19)21)5-10-13(11)23-15(16,17)22-10/h2-5,20H,18H2,1H3,(H2,19,21). The number of amides is 1. The maximum absolute atomic E-state index is 13.4. The number of carbonyl (C=O) groups excluding carboxylic acids is 1. The third kappa shape index (κ3) is 2.37. The number of phenols is 1. The Morgan fingerprint density at radius 2 is 1.96 bits per heavy atom. The summed E-state index contributed by atoms with van der Waals surface area (Å²) in [5.41, 5.74) is 11.8. The van der Waals surface area contributed by atoms with Gasteiger partial charge in [-0.1, -0.05) is 6.07 Å². The van der Waals surface area contributed by atoms with Crippen LogP contribution in [0.25, 0.3) is 11.1 Å². The Labute approximate surface area is 129 Å². The lowest BCUT2D eigenvalue weighted by molar-refractivity contribution is -0.286. The highest BCUT2D eigenvalue weighted by atomic mass is 19.3. The first-order valence-corrected chi connectivity index (χ1v) is 6.51. The van der Waals surface area contributed by atoms with Crippen molar-refractivity contribution in [1.82, 2.24) is 0 Å². The van der Waals surface area contributed by atoms with E-state index in [1.165, 1.54) is 12.1 Å². The van der Waals surface area contributed by atoms with Crippen LogP contribution in [0, 0.1) is 6.92 Å². The number of nitrogen functional groups attached to an aromatic ring is 1. The van der Waals surface area contributed by atoms with Gasteiger partial charge in [-0.15, -0.1) is 8.78 Å². The molecule has 6 nitrogen and oxygen atoms in total. The molecule has 1 aliphatic rings. The van der Waals surface area contributed by atoms with E-state index in [1.807, 2.05) is 0 Å². The molecular formula is C15H12F2N2O4. The molecule has 0 fully saturated rings. The van der Waals surface area contributed by atoms with Crippen molar-refractivity contribution >= 4 is 11.6 Å². The van der Waals surface area contributed by atoms with Crippen LogP contribution in [0.2, 0.25) is 0 Å². The molecular weight excluding hydrogens is 310 g/mol. The topological polar surface area (TPSA) is 108 Å². The van der Waals surface area contributed by atoms with Crippen molar-refractivity contribution in [2.24, 2.45) is 5.73 Å². The number of aryl methyl sites for hydroxylation is 1. The highest BCUT2D eigenvalue weighted by Gasteiger charge is 2.46. The van der Waals surface area contributed by atoms with Crippen molar-refractivity contribution in [2.75, 3.05) is 5.73 Å². The van der Waals surface area contributed by atoms with Gasteiger partial charge in [-0.05, 0) is 36.2 Å². The molecule has 0 aromatic heterocycles. The Hall–Kier alpha value is -3.03. The number of rotatable bonds is 2. The van der Waals surface area contributed by atoms with Gasteiger partial charge < -0.3 is 26.0 Å². The fourth-order valence-electron chi connectivity index (χ4n) is 2.45. The van der Waals surface area contributed by atoms with Crippen LogP contribution in [0.4, 0.5) is 14.5 Å². The van der Waals surface area contributed by atoms with E-state index >= 15 is 0 Å². The molecule has 0 bridgehead atoms. The highest BCUT2D eigenvalue weighted by molar-refractivity contribution is 6.04. The number of halogens is 2. The van der Waals surface area contributed by atoms with Gasteiger partial charge in [0, 0.05) is 0 Å². The van der Waals surface area contributed by atoms with E-state index < -0.39 is 12.2 Å². The maximum atomic E-state index is 13.4. The minimum Gasteiger partial charge on any atom is -0.508 e. The van der Waals surface area contributed by atoms with Crippen LogP contribution in [-0.2, 0) is 0 Å². The van der Waals surface area contributed by atoms with Crippen molar-refractivity contribution < 1.29 is 28.2 Å². The van der Waals surface area contributed by atoms with Crippen LogP contribution in [0.3, 0.4) is 0 Å². The van der Waals surface area contributed by atoms with Gasteiger partial charge in [0.25, 0.3) is 5.91 Å². The van der Waals surface area contributed by atoms with E-state index in [9.17, 15) is 18.7 Å². The van der Waals surface area contributed by atoms with Crippen LogP contribution in [0.15, 0.2) is 24.3 Å². The van der Waals surface area contributed by atoms with Gasteiger partial charge >= 0.3 is 6.29 Å². The number of nitrogens with two attached hydrogens (primary N) is 2. The second kappa shape index (κ2) is 4.73. The predicted octanol–water partition coefficient (Wildman–Crippen LogP) is 2.37. The zero-order valence-corrected chi connectivity index (χ0v) is 11.9. The number of carbonyl (C=O) groups is 1. The molecule has 120 valence electrons. The quantitative estimate of drug-likeness (QED) is 0.736. The first kappa shape index (κ1) is 14.9. The fraction of sp³-hybridized carbons (Fsp3) is 0.133. The second-order valence-electron chi connectivity index (χ2n) is 5.07. The smallest absolute Gasteiger partial charge is 0.508 e. The van der Waals surface area contributed by atoms with E-state index in [0.29, 0.717) is 11.1 Å². The number of benzene rings is 2. The number of anilines is 1. The van der Waals surface area contributed by atoms with E-state index in [-0.39, 0.29) is 34.1 Å². The van der Waals surface area contributed by atoms with Crippen LogP contribution < -0.4 is 20.9 Å². The average Bonchev–Trinajstić information content (AvgIpc) is 2.75. The Bertz CT molecular complexity index is 837. The van der Waals surface area contributed by atoms with Gasteiger partial charge in [-0.2, -0.15) is 0 Å². The van der Waals surface area contributed by atoms with Crippen molar-refractivity contribution in [1.29, 1.82) is 0 Å². The monoisotopic (exact) mass is 322 g/mol. The number of primary amides is 1. The maximum Gasteiger partial charge on any atom is 0.586 e. The molecule has 0 radical (unpaired) electrons. The van der Waals surface area contributed by atoms with Gasteiger partial charge in [0.05, 0.1) is 16.8 Å². The summed E-state index contributed by atoms with van der Waals surface area (Å²) in [6, 6.07) is 5.34. The lowest BCUT2D eigenvalue weighted by Crippen LogP contribution is -2.26. The highest BCUT2D eigenvalue weighted by Crippen LogP contribution is 2.51. The third-order valence-electron chi connectivity index (χ3n) is 3.49. The molecule has 0 atom stereocenters. The molecule has 2 aromatic carbocycles. The second-order valence-corrected chi connectivity index (χ2v) is 5.07. The molecule has 1 heterocycles. The molecule has 0 saturated carbocycles. The summed E-state index contributed by atoms with van der Waals surface area (Å²) >= 11 is 0. The Morgan fingerprint density at radius 1 is 1.26 bits per heavy atom. The van der Waals surface area contributed by atoms with E-state index in [2.05, 4.69) is 9.47 Å². The number of aromatic hydroxyl groups is 1. The number of phenolic OH excluding ortho intramolecular Hbond substituents is 1. The van der Waals surface area contributed by atoms with Crippen molar-refractivity contribution in [3.05, 3.63) is 35.4 Å². The summed E-state index contributed by atoms with van der Waals surface area (Å²) in [7, 11) is 0. The molecule has 1 amide bonds. The molecule has 0 spiro atoms.